The predicted molar refractivity (Wildman–Crippen MR) is 126 cm³/mol. The van der Waals surface area contributed by atoms with Gasteiger partial charge in [-0.25, -0.2) is 4.79 Å². The van der Waals surface area contributed by atoms with E-state index in [-0.39, 0.29) is 13.2 Å². The van der Waals surface area contributed by atoms with Crippen LogP contribution >= 0.6 is 7.60 Å². The minimum absolute atomic E-state index is 0.198. The van der Waals surface area contributed by atoms with Gasteiger partial charge in [-0.3, -0.25) is 4.57 Å². The quantitative estimate of drug-likeness (QED) is 0.427. The van der Waals surface area contributed by atoms with Gasteiger partial charge in [0.1, 0.15) is 0 Å². The van der Waals surface area contributed by atoms with Gasteiger partial charge in [0.2, 0.25) is 0 Å². The fourth-order valence-corrected chi connectivity index (χ4v) is 5.12. The number of carbonyl (C=O) groups excluding carboxylic acids is 1. The van der Waals surface area contributed by atoms with Crippen LogP contribution < -0.4 is 10.6 Å². The number of amides is 2. The lowest BCUT2D eigenvalue weighted by Gasteiger charge is -2.31. The van der Waals surface area contributed by atoms with Crippen molar-refractivity contribution in [1.29, 1.82) is 0 Å². The van der Waals surface area contributed by atoms with E-state index >= 15 is 0 Å². The molecule has 0 bridgehead atoms. The fourth-order valence-electron chi connectivity index (χ4n) is 3.22. The van der Waals surface area contributed by atoms with Crippen molar-refractivity contribution in [3.8, 4) is 0 Å². The Hall–Kier alpha value is -2.40. The highest BCUT2D eigenvalue weighted by Crippen LogP contribution is 2.59. The van der Waals surface area contributed by atoms with E-state index in [2.05, 4.69) is 17.2 Å². The lowest BCUT2D eigenvalue weighted by atomic mass is 9.92. The average molecular weight is 445 g/mol. The number of nitrogens with one attached hydrogen (secondary N) is 2. The molecular formula is C24H33N2O4P. The molecule has 0 aliphatic carbocycles. The summed E-state index contributed by atoms with van der Waals surface area (Å²) in [6.45, 7) is 13.6. The molecule has 0 saturated heterocycles. The molecule has 2 N–H and O–H groups in total. The van der Waals surface area contributed by atoms with Crippen molar-refractivity contribution >= 4 is 19.2 Å². The van der Waals surface area contributed by atoms with Crippen LogP contribution in [0.5, 0.6) is 0 Å². The molecule has 0 aromatic heterocycles. The molecule has 2 aromatic rings. The summed E-state index contributed by atoms with van der Waals surface area (Å²) in [5, 5.41) is 5.81. The first-order chi connectivity index (χ1) is 14.6. The molecule has 0 radical (unpaired) electrons. The van der Waals surface area contributed by atoms with E-state index in [0.29, 0.717) is 5.56 Å². The van der Waals surface area contributed by atoms with E-state index in [0.717, 1.165) is 16.7 Å². The summed E-state index contributed by atoms with van der Waals surface area (Å²) in [4.78, 5) is 13.0. The fraction of sp³-hybridized carbons (Fsp3) is 0.375. The van der Waals surface area contributed by atoms with Crippen molar-refractivity contribution in [2.24, 2.45) is 0 Å². The van der Waals surface area contributed by atoms with Gasteiger partial charge in [-0.2, -0.15) is 0 Å². The van der Waals surface area contributed by atoms with Crippen molar-refractivity contribution in [2.45, 2.75) is 45.9 Å². The van der Waals surface area contributed by atoms with Crippen LogP contribution in [0.1, 0.15) is 57.1 Å². The Bertz CT molecular complexity index is 934. The summed E-state index contributed by atoms with van der Waals surface area (Å²) in [5.74, 6) is -0.939. The van der Waals surface area contributed by atoms with Gasteiger partial charge in [-0.15, -0.1) is 0 Å². The Balaban J connectivity index is 2.30. The van der Waals surface area contributed by atoms with Crippen molar-refractivity contribution < 1.29 is 18.4 Å². The third-order valence-corrected chi connectivity index (χ3v) is 7.12. The molecule has 31 heavy (non-hydrogen) atoms. The van der Waals surface area contributed by atoms with Crippen LogP contribution in [0.2, 0.25) is 0 Å². The summed E-state index contributed by atoms with van der Waals surface area (Å²) in [7, 11) is -3.65. The first-order valence-electron chi connectivity index (χ1n) is 10.4. The molecule has 0 spiro atoms. The van der Waals surface area contributed by atoms with Gasteiger partial charge in [0.15, 0.2) is 5.78 Å². The second kappa shape index (κ2) is 10.8. The largest absolute Gasteiger partial charge is 0.357 e. The van der Waals surface area contributed by atoms with Gasteiger partial charge in [0.25, 0.3) is 0 Å². The monoisotopic (exact) mass is 444 g/mol. The Morgan fingerprint density at radius 2 is 1.68 bits per heavy atom. The maximum absolute atomic E-state index is 13.5. The van der Waals surface area contributed by atoms with Crippen LogP contribution in [0.4, 0.5) is 4.79 Å². The van der Waals surface area contributed by atoms with Crippen molar-refractivity contribution in [3.05, 3.63) is 77.9 Å². The van der Waals surface area contributed by atoms with Crippen LogP contribution in [-0.2, 0) is 19.2 Å². The van der Waals surface area contributed by atoms with Crippen molar-refractivity contribution in [3.63, 3.8) is 0 Å². The summed E-state index contributed by atoms with van der Waals surface area (Å²) >= 11 is 0. The minimum atomic E-state index is -3.65. The molecule has 0 fully saturated rings. The number of carbonyl (C=O) groups is 1. The zero-order chi connectivity index (χ0) is 23.1. The van der Waals surface area contributed by atoms with Crippen LogP contribution in [-0.4, -0.2) is 19.2 Å². The van der Waals surface area contributed by atoms with Gasteiger partial charge in [0.05, 0.1) is 18.8 Å². The predicted octanol–water partition coefficient (Wildman–Crippen LogP) is 6.22. The molecule has 1 atom stereocenters. The third-order valence-electron chi connectivity index (χ3n) is 4.82. The summed E-state index contributed by atoms with van der Waals surface area (Å²) in [6, 6.07) is 16.5. The van der Waals surface area contributed by atoms with Crippen LogP contribution in [0.15, 0.2) is 61.2 Å². The van der Waals surface area contributed by atoms with Crippen molar-refractivity contribution in [2.75, 3.05) is 13.2 Å². The molecule has 2 rings (SSSR count). The molecule has 7 heteroatoms. The molecule has 0 aliphatic heterocycles. The summed E-state index contributed by atoms with van der Waals surface area (Å²) in [6.07, 6.45) is 0. The van der Waals surface area contributed by atoms with Gasteiger partial charge in [-0.05, 0) is 57.4 Å². The molecule has 0 unspecified atom stereocenters. The Kier molecular flexibility index (Phi) is 8.63. The van der Waals surface area contributed by atoms with Gasteiger partial charge < -0.3 is 19.7 Å². The normalized spacial score (nSPS) is 12.8. The molecule has 2 aromatic carbocycles. The van der Waals surface area contributed by atoms with Crippen molar-refractivity contribution in [1.82, 2.24) is 10.6 Å². The summed E-state index contributed by atoms with van der Waals surface area (Å²) in [5.41, 5.74) is 2.84. The molecule has 168 valence electrons. The number of rotatable bonds is 10. The van der Waals surface area contributed by atoms with E-state index in [1.165, 1.54) is 0 Å². The summed E-state index contributed by atoms with van der Waals surface area (Å²) < 4.78 is 24.6. The van der Waals surface area contributed by atoms with Crippen LogP contribution in [0.25, 0.3) is 5.57 Å². The first kappa shape index (κ1) is 24.9. The molecular weight excluding hydrogens is 411 g/mol. The highest BCUT2D eigenvalue weighted by molar-refractivity contribution is 7.54. The van der Waals surface area contributed by atoms with E-state index in [9.17, 15) is 9.36 Å². The second-order valence-electron chi connectivity index (χ2n) is 7.77. The lowest BCUT2D eigenvalue weighted by molar-refractivity contribution is 0.201. The smallest absolute Gasteiger partial charge is 0.329 e. The highest BCUT2D eigenvalue weighted by Gasteiger charge is 2.39. The first-order valence-corrected chi connectivity index (χ1v) is 12.0. The molecule has 2 amide bonds. The lowest BCUT2D eigenvalue weighted by Crippen LogP contribution is -2.47. The topological polar surface area (TPSA) is 76.7 Å². The maximum Gasteiger partial charge on any atom is 0.357 e. The minimum Gasteiger partial charge on any atom is -0.329 e. The SMILES string of the molecule is C=C(C)c1cccc(C(C)(C)NC(=O)N[C@H](c2ccccc2)P(=O)(OCC)OCC)c1. The van der Waals surface area contributed by atoms with Crippen LogP contribution in [0.3, 0.4) is 0 Å². The highest BCUT2D eigenvalue weighted by atomic mass is 31.2. The number of hydrogen-bond acceptors (Lipinski definition) is 4. The third kappa shape index (κ3) is 6.54. The van der Waals surface area contributed by atoms with Crippen LogP contribution in [0, 0.1) is 0 Å². The average Bonchev–Trinajstić information content (AvgIpc) is 2.72. The van der Waals surface area contributed by atoms with Gasteiger partial charge in [-0.1, -0.05) is 60.7 Å². The number of allylic oxidation sites excluding steroid dienone is 1. The molecule has 6 nitrogen and oxygen atoms in total. The number of urea groups is 1. The molecule has 0 heterocycles. The van der Waals surface area contributed by atoms with E-state index in [4.69, 9.17) is 9.05 Å². The maximum atomic E-state index is 13.5. The van der Waals surface area contributed by atoms with Gasteiger partial charge in [0, 0.05) is 0 Å². The zero-order valence-electron chi connectivity index (χ0n) is 19.0. The van der Waals surface area contributed by atoms with Gasteiger partial charge >= 0.3 is 13.6 Å². The van der Waals surface area contributed by atoms with E-state index < -0.39 is 24.9 Å². The Labute approximate surface area is 185 Å². The van der Waals surface area contributed by atoms with E-state index in [1.807, 2.05) is 63.2 Å². The Morgan fingerprint density at radius 3 is 2.23 bits per heavy atom. The Morgan fingerprint density at radius 1 is 1.06 bits per heavy atom. The zero-order valence-corrected chi connectivity index (χ0v) is 19.9. The second-order valence-corrected chi connectivity index (χ2v) is 9.89. The van der Waals surface area contributed by atoms with E-state index in [1.54, 1.807) is 26.0 Å². The molecule has 0 saturated carbocycles. The number of hydrogen-bond donors (Lipinski definition) is 2. The molecule has 0 aliphatic rings. The number of benzene rings is 2. The standard InChI is InChI=1S/C24H33N2O4P/c1-7-29-31(28,30-8-2)22(19-13-10-9-11-14-19)25-23(27)26-24(5,6)21-16-12-15-20(17-21)18(3)4/h9-17,22H,3,7-8H2,1-2,4-6H3,(H2,25,26,27)/t22-/m0/s1.